The van der Waals surface area contributed by atoms with Crippen LogP contribution >= 0.6 is 0 Å². The van der Waals surface area contributed by atoms with Crippen LogP contribution < -0.4 is 35.4 Å². The van der Waals surface area contributed by atoms with Crippen LogP contribution in [0.1, 0.15) is 66.9 Å². The van der Waals surface area contributed by atoms with Gasteiger partial charge >= 0.3 is 19.5 Å². The zero-order chi connectivity index (χ0) is 21.3. The molecule has 2 aliphatic rings. The van der Waals surface area contributed by atoms with Gasteiger partial charge in [0.05, 0.1) is 0 Å². The standard InChI is InChI=1S/C25H38N4.2ClH.Ru/c1-16(2)21-14-26-24(28(21)18(5)6)23(20-12-10-9-11-13-20)25-27-15-22(17(3)4)29(25)19(7)8;;;/h9-19,23,26-27H,1-8H3;2*1H;/q-2;;;+4/p-2. The molecule has 0 atom stereocenters. The topological polar surface area (TPSA) is 30.5 Å². The maximum absolute atomic E-state index is 3.67. The number of nitrogens with zero attached hydrogens (tertiary/aromatic N) is 2. The minimum Gasteiger partial charge on any atom is -1.00 e. The number of rotatable bonds is 7. The van der Waals surface area contributed by atoms with E-state index in [1.54, 1.807) is 0 Å². The molecule has 1 aromatic carbocycles. The second-order valence-corrected chi connectivity index (χ2v) is 9.28. The summed E-state index contributed by atoms with van der Waals surface area (Å²) in [7, 11) is 0. The van der Waals surface area contributed by atoms with Crippen molar-refractivity contribution in [2.45, 2.75) is 73.4 Å². The number of halogens is 2. The molecule has 0 spiro atoms. The van der Waals surface area contributed by atoms with Crippen molar-refractivity contribution in [2.75, 3.05) is 0 Å². The molecule has 0 saturated carbocycles. The number of allylic oxidation sites excluding steroid dienone is 2. The number of nitrogens with one attached hydrogen (secondary N) is 2. The Balaban J connectivity index is 0.00000320. The number of benzene rings is 1. The van der Waals surface area contributed by atoms with Gasteiger partial charge in [0, 0.05) is 11.4 Å². The van der Waals surface area contributed by atoms with E-state index in [9.17, 15) is 0 Å². The zero-order valence-corrected chi connectivity index (χ0v) is 23.7. The molecule has 2 aliphatic heterocycles. The van der Waals surface area contributed by atoms with E-state index < -0.39 is 0 Å². The summed E-state index contributed by atoms with van der Waals surface area (Å²) in [5.74, 6) is 1.04. The first-order valence-electron chi connectivity index (χ1n) is 11.0. The molecule has 0 bridgehead atoms. The van der Waals surface area contributed by atoms with Crippen molar-refractivity contribution in [3.05, 3.63) is 72.0 Å². The first-order valence-corrected chi connectivity index (χ1v) is 11.0. The largest absolute Gasteiger partial charge is 4.00 e. The van der Waals surface area contributed by atoms with Crippen molar-refractivity contribution >= 4 is 0 Å². The molecule has 7 heteroatoms. The minimum absolute atomic E-state index is 0. The molecular formula is C25H38Cl2N4Ru. The summed E-state index contributed by atoms with van der Waals surface area (Å²) >= 11 is 0. The minimum atomic E-state index is 0. The van der Waals surface area contributed by atoms with Gasteiger partial charge in [-0.05, 0) is 64.0 Å². The van der Waals surface area contributed by atoms with E-state index in [1.165, 1.54) is 29.3 Å². The van der Waals surface area contributed by atoms with E-state index >= 15 is 0 Å². The summed E-state index contributed by atoms with van der Waals surface area (Å²) < 4.78 is 0. The fourth-order valence-electron chi connectivity index (χ4n) is 4.43. The van der Waals surface area contributed by atoms with E-state index in [2.05, 4.69) is 119 Å². The predicted octanol–water partition coefficient (Wildman–Crippen LogP) is -0.623. The molecule has 4 nitrogen and oxygen atoms in total. The van der Waals surface area contributed by atoms with E-state index in [4.69, 9.17) is 0 Å². The van der Waals surface area contributed by atoms with Crippen LogP contribution in [-0.4, -0.2) is 21.9 Å². The third-order valence-electron chi connectivity index (χ3n) is 5.71. The summed E-state index contributed by atoms with van der Waals surface area (Å²) in [4.78, 5) is 4.98. The Bertz CT molecular complexity index is 706. The van der Waals surface area contributed by atoms with Gasteiger partial charge in [-0.1, -0.05) is 63.6 Å². The van der Waals surface area contributed by atoms with Crippen molar-refractivity contribution in [1.29, 1.82) is 0 Å². The molecule has 0 unspecified atom stereocenters. The third kappa shape index (κ3) is 6.16. The molecular weight excluding hydrogens is 528 g/mol. The molecule has 2 heterocycles. The maximum Gasteiger partial charge on any atom is 4.00 e. The molecule has 32 heavy (non-hydrogen) atoms. The first-order chi connectivity index (χ1) is 13.7. The van der Waals surface area contributed by atoms with Crippen LogP contribution in [0.15, 0.2) is 54.1 Å². The van der Waals surface area contributed by atoms with Gasteiger partial charge in [-0.3, -0.25) is 0 Å². The normalized spacial score (nSPS) is 16.7. The first kappa shape index (κ1) is 31.1. The summed E-state index contributed by atoms with van der Waals surface area (Å²) in [6.45, 7) is 18.2. The van der Waals surface area contributed by atoms with Gasteiger partial charge in [-0.25, -0.2) is 0 Å². The van der Waals surface area contributed by atoms with Gasteiger partial charge in [-0.2, -0.15) is 18.2 Å². The van der Waals surface area contributed by atoms with Gasteiger partial charge < -0.3 is 45.2 Å². The average molecular weight is 567 g/mol. The van der Waals surface area contributed by atoms with Crippen molar-refractivity contribution in [3.8, 4) is 0 Å². The SMILES string of the molecule is CC(C)C1=CN[C-](C(c2ccccc2)[C-]2NC=C(C(C)C)N2C(C)C)N1C(C)C.[Cl-].[Cl-].[Ru+4]. The second kappa shape index (κ2) is 13.1. The molecule has 180 valence electrons. The number of hydrogen-bond donors (Lipinski definition) is 2. The molecule has 0 saturated heterocycles. The Morgan fingerprint density at radius 2 is 1.03 bits per heavy atom. The quantitative estimate of drug-likeness (QED) is 0.341. The van der Waals surface area contributed by atoms with Crippen molar-refractivity contribution in [2.24, 2.45) is 11.8 Å². The van der Waals surface area contributed by atoms with Crippen LogP contribution in [0.2, 0.25) is 0 Å². The fourth-order valence-corrected chi connectivity index (χ4v) is 4.43. The van der Waals surface area contributed by atoms with Crippen LogP contribution in [0.4, 0.5) is 0 Å². The molecule has 0 aliphatic carbocycles. The second-order valence-electron chi connectivity index (χ2n) is 9.28. The van der Waals surface area contributed by atoms with Crippen LogP contribution in [-0.2, 0) is 19.5 Å². The molecule has 0 aromatic heterocycles. The Kier molecular flexibility index (Phi) is 12.7. The van der Waals surface area contributed by atoms with Crippen LogP contribution in [0, 0.1) is 24.2 Å². The predicted molar refractivity (Wildman–Crippen MR) is 122 cm³/mol. The molecule has 0 radical (unpaired) electrons. The van der Waals surface area contributed by atoms with Crippen LogP contribution in [0.3, 0.4) is 0 Å². The fraction of sp³-hybridized carbons (Fsp3) is 0.520. The summed E-state index contributed by atoms with van der Waals surface area (Å²) in [6, 6.07) is 11.6. The molecule has 0 amide bonds. The van der Waals surface area contributed by atoms with Crippen molar-refractivity contribution in [1.82, 2.24) is 20.4 Å². The van der Waals surface area contributed by atoms with Gasteiger partial charge in [0.25, 0.3) is 0 Å². The number of hydrogen-bond acceptors (Lipinski definition) is 4. The maximum atomic E-state index is 3.67. The Hall–Kier alpha value is -0.897. The molecule has 0 fully saturated rings. The van der Waals surface area contributed by atoms with Gasteiger partial charge in [0.1, 0.15) is 0 Å². The van der Waals surface area contributed by atoms with Gasteiger partial charge in [0.15, 0.2) is 0 Å². The van der Waals surface area contributed by atoms with Gasteiger partial charge in [0.2, 0.25) is 0 Å². The summed E-state index contributed by atoms with van der Waals surface area (Å²) in [5, 5.41) is 7.34. The Labute approximate surface area is 221 Å². The zero-order valence-electron chi connectivity index (χ0n) is 20.4. The van der Waals surface area contributed by atoms with Crippen LogP contribution in [0.5, 0.6) is 0 Å². The average Bonchev–Trinajstić information content (AvgIpc) is 3.28. The van der Waals surface area contributed by atoms with Crippen LogP contribution in [0.25, 0.3) is 0 Å². The van der Waals surface area contributed by atoms with E-state index in [-0.39, 0.29) is 50.2 Å². The third-order valence-corrected chi connectivity index (χ3v) is 5.71. The van der Waals surface area contributed by atoms with Crippen molar-refractivity contribution < 1.29 is 44.3 Å². The van der Waals surface area contributed by atoms with E-state index in [0.717, 1.165) is 0 Å². The van der Waals surface area contributed by atoms with E-state index in [1.807, 2.05) is 0 Å². The molecule has 3 rings (SSSR count). The molecule has 1 aromatic rings. The monoisotopic (exact) mass is 566 g/mol. The Morgan fingerprint density at radius 1 is 0.656 bits per heavy atom. The van der Waals surface area contributed by atoms with E-state index in [0.29, 0.717) is 23.9 Å². The summed E-state index contributed by atoms with van der Waals surface area (Å²) in [5.41, 5.74) is 4.00. The van der Waals surface area contributed by atoms with Crippen molar-refractivity contribution in [3.63, 3.8) is 0 Å². The smallest absolute Gasteiger partial charge is 1.00 e. The Morgan fingerprint density at radius 3 is 1.34 bits per heavy atom. The molecule has 2 N–H and O–H groups in total. The van der Waals surface area contributed by atoms with Gasteiger partial charge in [-0.15, -0.1) is 0 Å². The summed E-state index contributed by atoms with van der Waals surface area (Å²) in [6.07, 6.45) is 6.87.